The van der Waals surface area contributed by atoms with Crippen LogP contribution in [-0.2, 0) is 4.79 Å². The minimum Gasteiger partial charge on any atom is -0.394 e. The van der Waals surface area contributed by atoms with E-state index in [-0.39, 0.29) is 35.9 Å². The Bertz CT molecular complexity index is 805. The van der Waals surface area contributed by atoms with E-state index in [9.17, 15) is 15.0 Å². The zero-order chi connectivity index (χ0) is 18.6. The number of carbonyl (C=O) groups excluding carboxylic acids is 1. The van der Waals surface area contributed by atoms with Crippen LogP contribution in [0.5, 0.6) is 0 Å². The normalized spacial score (nSPS) is 18.7. The van der Waals surface area contributed by atoms with Gasteiger partial charge in [-0.2, -0.15) is 0 Å². The third-order valence-corrected chi connectivity index (χ3v) is 6.20. The van der Waals surface area contributed by atoms with E-state index in [1.807, 2.05) is 29.7 Å². The van der Waals surface area contributed by atoms with E-state index in [2.05, 4.69) is 38.0 Å². The molecule has 1 aromatic carbocycles. The molecule has 0 saturated heterocycles. The predicted octanol–water partition coefficient (Wildman–Crippen LogP) is 2.49. The number of aromatic nitrogens is 2. The maximum atomic E-state index is 12.6. The lowest BCUT2D eigenvalue weighted by atomic mass is 10.0. The van der Waals surface area contributed by atoms with Crippen molar-refractivity contribution in [3.05, 3.63) is 24.0 Å². The highest BCUT2D eigenvalue weighted by atomic mass is 16.3. The number of carbonyl (C=O) groups is 1. The molecule has 1 fully saturated rings. The van der Waals surface area contributed by atoms with Crippen LogP contribution in [-0.4, -0.2) is 38.9 Å². The Morgan fingerprint density at radius 2 is 1.84 bits per heavy atom. The number of aliphatic hydroxyl groups excluding tert-OH is 2. The standard InChI is InChI=1S/C19H27N3O3/c1-11-20-14-8-12(6-7-15(14)22(11)13(9-23)10-24)21-17(25)16-18(2,3)19(16,4)5/h6-8,13,16,23-24H,9-10H2,1-5H3,(H,21,25). The molecule has 0 bridgehead atoms. The molecule has 25 heavy (non-hydrogen) atoms. The van der Waals surface area contributed by atoms with E-state index in [1.54, 1.807) is 0 Å². The molecule has 1 aromatic heterocycles. The predicted molar refractivity (Wildman–Crippen MR) is 97.4 cm³/mol. The zero-order valence-corrected chi connectivity index (χ0v) is 15.5. The van der Waals surface area contributed by atoms with Crippen molar-refractivity contribution in [2.24, 2.45) is 16.7 Å². The van der Waals surface area contributed by atoms with Crippen molar-refractivity contribution in [2.75, 3.05) is 18.5 Å². The molecule has 6 heteroatoms. The summed E-state index contributed by atoms with van der Waals surface area (Å²) in [5.74, 6) is 0.744. The third-order valence-electron chi connectivity index (χ3n) is 6.20. The Labute approximate surface area is 147 Å². The summed E-state index contributed by atoms with van der Waals surface area (Å²) >= 11 is 0. The Balaban J connectivity index is 1.87. The number of fused-ring (bicyclic) bond motifs is 1. The van der Waals surface area contributed by atoms with Gasteiger partial charge in [0.25, 0.3) is 0 Å². The first kappa shape index (κ1) is 17.9. The van der Waals surface area contributed by atoms with Gasteiger partial charge in [0.2, 0.25) is 5.91 Å². The highest BCUT2D eigenvalue weighted by molar-refractivity contribution is 5.97. The van der Waals surface area contributed by atoms with E-state index in [1.165, 1.54) is 0 Å². The fraction of sp³-hybridized carbons (Fsp3) is 0.579. The van der Waals surface area contributed by atoms with E-state index >= 15 is 0 Å². The van der Waals surface area contributed by atoms with Crippen LogP contribution in [0.2, 0.25) is 0 Å². The number of hydrogen-bond donors (Lipinski definition) is 3. The van der Waals surface area contributed by atoms with Crippen molar-refractivity contribution in [3.8, 4) is 0 Å². The number of amides is 1. The fourth-order valence-electron chi connectivity index (χ4n) is 4.05. The van der Waals surface area contributed by atoms with Crippen LogP contribution >= 0.6 is 0 Å². The average Bonchev–Trinajstić information content (AvgIpc) is 2.78. The summed E-state index contributed by atoms with van der Waals surface area (Å²) in [4.78, 5) is 17.1. The van der Waals surface area contributed by atoms with Crippen molar-refractivity contribution in [1.29, 1.82) is 0 Å². The molecular weight excluding hydrogens is 318 g/mol. The molecule has 0 unspecified atom stereocenters. The molecule has 1 aliphatic rings. The van der Waals surface area contributed by atoms with E-state index < -0.39 is 6.04 Å². The van der Waals surface area contributed by atoms with E-state index in [0.717, 1.165) is 16.9 Å². The van der Waals surface area contributed by atoms with Gasteiger partial charge in [-0.1, -0.05) is 27.7 Å². The lowest BCUT2D eigenvalue weighted by Crippen LogP contribution is -2.18. The summed E-state index contributed by atoms with van der Waals surface area (Å²) < 4.78 is 1.83. The number of benzene rings is 1. The number of nitrogens with one attached hydrogen (secondary N) is 1. The number of hydrogen-bond acceptors (Lipinski definition) is 4. The number of imidazole rings is 1. The summed E-state index contributed by atoms with van der Waals surface area (Å²) in [5.41, 5.74) is 2.27. The molecule has 0 spiro atoms. The minimum atomic E-state index is -0.418. The highest BCUT2D eigenvalue weighted by Crippen LogP contribution is 2.68. The van der Waals surface area contributed by atoms with E-state index in [0.29, 0.717) is 5.69 Å². The number of aliphatic hydroxyl groups is 2. The molecule has 2 aromatic rings. The lowest BCUT2D eigenvalue weighted by Gasteiger charge is -2.16. The van der Waals surface area contributed by atoms with E-state index in [4.69, 9.17) is 0 Å². The average molecular weight is 345 g/mol. The van der Waals surface area contributed by atoms with Crippen molar-refractivity contribution >= 4 is 22.6 Å². The van der Waals surface area contributed by atoms with Crippen LogP contribution in [0.4, 0.5) is 5.69 Å². The van der Waals surface area contributed by atoms with Gasteiger partial charge in [0.15, 0.2) is 0 Å². The molecule has 1 saturated carbocycles. The quantitative estimate of drug-likeness (QED) is 0.777. The van der Waals surface area contributed by atoms with Crippen molar-refractivity contribution in [3.63, 3.8) is 0 Å². The van der Waals surface area contributed by atoms with Gasteiger partial charge in [0.05, 0.1) is 30.3 Å². The second-order valence-electron chi connectivity index (χ2n) is 8.12. The third kappa shape index (κ3) is 2.64. The van der Waals surface area contributed by atoms with Crippen LogP contribution < -0.4 is 5.32 Å². The molecule has 0 atom stereocenters. The van der Waals surface area contributed by atoms with Crippen LogP contribution in [0, 0.1) is 23.7 Å². The van der Waals surface area contributed by atoms with Gasteiger partial charge < -0.3 is 20.1 Å². The molecule has 0 aliphatic heterocycles. The highest BCUT2D eigenvalue weighted by Gasteiger charge is 2.68. The Hall–Kier alpha value is -1.92. The molecule has 6 nitrogen and oxygen atoms in total. The van der Waals surface area contributed by atoms with Crippen LogP contribution in [0.15, 0.2) is 18.2 Å². The van der Waals surface area contributed by atoms with Gasteiger partial charge in [-0.05, 0) is 36.0 Å². The van der Waals surface area contributed by atoms with Crippen molar-refractivity contribution in [2.45, 2.75) is 40.7 Å². The number of nitrogens with zero attached hydrogens (tertiary/aromatic N) is 2. The zero-order valence-electron chi connectivity index (χ0n) is 15.5. The Kier molecular flexibility index (Phi) is 4.16. The molecule has 1 aliphatic carbocycles. The molecule has 3 N–H and O–H groups in total. The second-order valence-corrected chi connectivity index (χ2v) is 8.12. The molecule has 0 radical (unpaired) electrons. The number of anilines is 1. The smallest absolute Gasteiger partial charge is 0.228 e. The molecular formula is C19H27N3O3. The largest absolute Gasteiger partial charge is 0.394 e. The van der Waals surface area contributed by atoms with Crippen LogP contribution in [0.1, 0.15) is 39.6 Å². The summed E-state index contributed by atoms with van der Waals surface area (Å²) in [6.45, 7) is 10.0. The molecule has 1 amide bonds. The topological polar surface area (TPSA) is 87.4 Å². The molecule has 136 valence electrons. The van der Waals surface area contributed by atoms with Gasteiger partial charge in [0, 0.05) is 11.6 Å². The second kappa shape index (κ2) is 5.81. The first-order valence-electron chi connectivity index (χ1n) is 8.66. The monoisotopic (exact) mass is 345 g/mol. The van der Waals surface area contributed by atoms with Gasteiger partial charge >= 0.3 is 0 Å². The summed E-state index contributed by atoms with van der Waals surface area (Å²) in [7, 11) is 0. The maximum absolute atomic E-state index is 12.6. The number of aryl methyl sites for hydroxylation is 1. The Morgan fingerprint density at radius 3 is 2.36 bits per heavy atom. The Morgan fingerprint density at radius 1 is 1.24 bits per heavy atom. The summed E-state index contributed by atoms with van der Waals surface area (Å²) in [5, 5.41) is 21.9. The minimum absolute atomic E-state index is 0.00513. The number of rotatable bonds is 5. The molecule has 1 heterocycles. The van der Waals surface area contributed by atoms with Crippen molar-refractivity contribution in [1.82, 2.24) is 9.55 Å². The first-order valence-corrected chi connectivity index (χ1v) is 8.66. The maximum Gasteiger partial charge on any atom is 0.228 e. The lowest BCUT2D eigenvalue weighted by molar-refractivity contribution is -0.118. The first-order chi connectivity index (χ1) is 11.6. The van der Waals surface area contributed by atoms with Crippen LogP contribution in [0.25, 0.3) is 11.0 Å². The van der Waals surface area contributed by atoms with Gasteiger partial charge in [-0.25, -0.2) is 4.98 Å². The SMILES string of the molecule is Cc1nc2cc(NC(=O)C3C(C)(C)C3(C)C)ccc2n1C(CO)CO. The molecule has 3 rings (SSSR count). The fourth-order valence-corrected chi connectivity index (χ4v) is 4.05. The van der Waals surface area contributed by atoms with Gasteiger partial charge in [-0.3, -0.25) is 4.79 Å². The van der Waals surface area contributed by atoms with Crippen molar-refractivity contribution < 1.29 is 15.0 Å². The summed E-state index contributed by atoms with van der Waals surface area (Å²) in [6, 6.07) is 5.13. The summed E-state index contributed by atoms with van der Waals surface area (Å²) in [6.07, 6.45) is 0. The van der Waals surface area contributed by atoms with Gasteiger partial charge in [-0.15, -0.1) is 0 Å². The van der Waals surface area contributed by atoms with Crippen LogP contribution in [0.3, 0.4) is 0 Å². The van der Waals surface area contributed by atoms with Gasteiger partial charge in [0.1, 0.15) is 5.82 Å².